The molecule has 0 saturated carbocycles. The minimum atomic E-state index is -0.210. The molecule has 1 atom stereocenters. The van der Waals surface area contributed by atoms with Crippen LogP contribution in [0.15, 0.2) is 4.99 Å². The molecule has 4 aliphatic heterocycles. The zero-order chi connectivity index (χ0) is 21.7. The van der Waals surface area contributed by atoms with E-state index in [1.807, 2.05) is 11.9 Å². The zero-order valence-electron chi connectivity index (χ0n) is 19.7. The quantitative estimate of drug-likeness (QED) is 0.523. The third-order valence-corrected chi connectivity index (χ3v) is 7.83. The van der Waals surface area contributed by atoms with Crippen molar-refractivity contribution in [1.82, 2.24) is 24.9 Å². The number of piperazine rings is 1. The normalized spacial score (nSPS) is 28.7. The first-order valence-corrected chi connectivity index (χ1v) is 12.4. The summed E-state index contributed by atoms with van der Waals surface area (Å²) in [4.78, 5) is 26.8. The van der Waals surface area contributed by atoms with Gasteiger partial charge in [-0.15, -0.1) is 0 Å². The lowest BCUT2D eigenvalue weighted by atomic mass is 9.84. The molecule has 0 aromatic heterocycles. The van der Waals surface area contributed by atoms with Crippen molar-refractivity contribution in [3.63, 3.8) is 0 Å². The minimum Gasteiger partial charge on any atom is -0.368 e. The van der Waals surface area contributed by atoms with Crippen LogP contribution >= 0.6 is 0 Å². The molecule has 8 heteroatoms. The molecule has 0 spiro atoms. The number of nitrogens with one attached hydrogen (secondary N) is 1. The number of amides is 1. The molecule has 0 bridgehead atoms. The first-order chi connectivity index (χ1) is 15.1. The number of rotatable bonds is 4. The molecule has 0 aromatic carbocycles. The maximum atomic E-state index is 12.6. The number of hydrogen-bond donors (Lipinski definition) is 1. The van der Waals surface area contributed by atoms with Crippen LogP contribution in [0.5, 0.6) is 0 Å². The average molecular weight is 435 g/mol. The maximum absolute atomic E-state index is 12.6. The number of carbonyl (C=O) groups is 1. The van der Waals surface area contributed by atoms with Crippen LogP contribution in [0.1, 0.15) is 44.9 Å². The number of likely N-dealkylation sites (tertiary alicyclic amines) is 2. The van der Waals surface area contributed by atoms with Crippen LogP contribution in [0, 0.1) is 0 Å². The van der Waals surface area contributed by atoms with Gasteiger partial charge in [0.05, 0.1) is 0 Å². The van der Waals surface area contributed by atoms with Gasteiger partial charge in [0.25, 0.3) is 5.91 Å². The van der Waals surface area contributed by atoms with Crippen molar-refractivity contribution in [2.75, 3.05) is 79.6 Å². The van der Waals surface area contributed by atoms with E-state index in [1.54, 1.807) is 0 Å². The average Bonchev–Trinajstić information content (AvgIpc) is 3.36. The number of aliphatic imine (C=N–C) groups is 1. The van der Waals surface area contributed by atoms with Crippen LogP contribution < -0.4 is 5.32 Å². The smallest absolute Gasteiger partial charge is 0.251 e. The third kappa shape index (κ3) is 5.34. The predicted octanol–water partition coefficient (Wildman–Crippen LogP) is 0.835. The molecular weight excluding hydrogens is 392 g/mol. The van der Waals surface area contributed by atoms with Gasteiger partial charge in [-0.3, -0.25) is 14.7 Å². The van der Waals surface area contributed by atoms with Gasteiger partial charge in [-0.05, 0) is 71.8 Å². The molecule has 31 heavy (non-hydrogen) atoms. The van der Waals surface area contributed by atoms with E-state index in [2.05, 4.69) is 32.1 Å². The molecule has 8 nitrogen and oxygen atoms in total. The van der Waals surface area contributed by atoms with E-state index in [-0.39, 0.29) is 17.6 Å². The van der Waals surface area contributed by atoms with Gasteiger partial charge in [0.2, 0.25) is 0 Å². The highest BCUT2D eigenvalue weighted by molar-refractivity contribution is 5.82. The van der Waals surface area contributed by atoms with E-state index < -0.39 is 0 Å². The first-order valence-electron chi connectivity index (χ1n) is 12.4. The van der Waals surface area contributed by atoms with Crippen LogP contribution in [-0.4, -0.2) is 123 Å². The number of piperidine rings is 2. The molecule has 1 amide bonds. The number of carbonyl (C=O) groups excluding carboxylic acids is 1. The van der Waals surface area contributed by atoms with Crippen LogP contribution in [0.4, 0.5) is 0 Å². The second kappa shape index (κ2) is 10.5. The van der Waals surface area contributed by atoms with Gasteiger partial charge in [-0.2, -0.15) is 0 Å². The summed E-state index contributed by atoms with van der Waals surface area (Å²) in [5, 5.41) is 3.75. The van der Waals surface area contributed by atoms with Crippen molar-refractivity contribution in [3.05, 3.63) is 0 Å². The summed E-state index contributed by atoms with van der Waals surface area (Å²) in [6.07, 6.45) is 8.13. The van der Waals surface area contributed by atoms with Crippen molar-refractivity contribution in [1.29, 1.82) is 0 Å². The number of guanidine groups is 1. The third-order valence-electron chi connectivity index (χ3n) is 7.83. The lowest BCUT2D eigenvalue weighted by Crippen LogP contribution is -2.63. The fourth-order valence-electron chi connectivity index (χ4n) is 5.70. The Morgan fingerprint density at radius 1 is 0.968 bits per heavy atom. The van der Waals surface area contributed by atoms with E-state index in [0.717, 1.165) is 58.1 Å². The highest BCUT2D eigenvalue weighted by Crippen LogP contribution is 2.31. The molecule has 4 saturated heterocycles. The van der Waals surface area contributed by atoms with Crippen molar-refractivity contribution in [2.24, 2.45) is 4.99 Å². The number of ether oxygens (including phenoxy) is 1. The Hall–Kier alpha value is -1.38. The van der Waals surface area contributed by atoms with Gasteiger partial charge < -0.3 is 24.8 Å². The summed E-state index contributed by atoms with van der Waals surface area (Å²) >= 11 is 0. The highest BCUT2D eigenvalue weighted by atomic mass is 16.5. The monoisotopic (exact) mass is 434 g/mol. The largest absolute Gasteiger partial charge is 0.368 e. The molecule has 0 aliphatic carbocycles. The van der Waals surface area contributed by atoms with E-state index in [9.17, 15) is 4.79 Å². The maximum Gasteiger partial charge on any atom is 0.251 e. The minimum absolute atomic E-state index is 0.176. The molecule has 4 rings (SSSR count). The standard InChI is InChI=1S/C23H42N6O2/c1-24-22(28-16-14-27(15-17-28)21(30)20-7-6-18-31-20)25-19-23(8-12-26(2)13-9-23)29-10-4-3-5-11-29/h20H,3-19H2,1-2H3,(H,24,25). The molecule has 4 heterocycles. The molecule has 1 N–H and O–H groups in total. The Morgan fingerprint density at radius 2 is 1.65 bits per heavy atom. The summed E-state index contributed by atoms with van der Waals surface area (Å²) in [5.41, 5.74) is 0.237. The summed E-state index contributed by atoms with van der Waals surface area (Å²) in [7, 11) is 4.12. The molecular formula is C23H42N6O2. The molecule has 4 fully saturated rings. The zero-order valence-corrected chi connectivity index (χ0v) is 19.7. The fraction of sp³-hybridized carbons (Fsp3) is 0.913. The van der Waals surface area contributed by atoms with Gasteiger partial charge >= 0.3 is 0 Å². The van der Waals surface area contributed by atoms with Crippen molar-refractivity contribution >= 4 is 11.9 Å². The molecule has 0 aromatic rings. The van der Waals surface area contributed by atoms with Gasteiger partial charge in [-0.25, -0.2) is 0 Å². The highest BCUT2D eigenvalue weighted by Gasteiger charge is 2.40. The topological polar surface area (TPSA) is 63.7 Å². The second-order valence-electron chi connectivity index (χ2n) is 9.79. The Bertz CT molecular complexity index is 614. The van der Waals surface area contributed by atoms with E-state index >= 15 is 0 Å². The van der Waals surface area contributed by atoms with Gasteiger partial charge in [-0.1, -0.05) is 6.42 Å². The summed E-state index contributed by atoms with van der Waals surface area (Å²) in [6, 6.07) is 0. The predicted molar refractivity (Wildman–Crippen MR) is 123 cm³/mol. The summed E-state index contributed by atoms with van der Waals surface area (Å²) in [5.74, 6) is 1.16. The second-order valence-corrected chi connectivity index (χ2v) is 9.79. The first kappa shape index (κ1) is 22.8. The molecule has 176 valence electrons. The molecule has 4 aliphatic rings. The summed E-state index contributed by atoms with van der Waals surface area (Å²) < 4.78 is 5.60. The van der Waals surface area contributed by atoms with Crippen LogP contribution in [-0.2, 0) is 9.53 Å². The van der Waals surface area contributed by atoms with Crippen molar-refractivity contribution < 1.29 is 9.53 Å². The van der Waals surface area contributed by atoms with Crippen LogP contribution in [0.3, 0.4) is 0 Å². The fourth-order valence-corrected chi connectivity index (χ4v) is 5.70. The Balaban J connectivity index is 1.32. The van der Waals surface area contributed by atoms with Crippen molar-refractivity contribution in [3.8, 4) is 0 Å². The number of hydrogen-bond acceptors (Lipinski definition) is 5. The van der Waals surface area contributed by atoms with Gasteiger partial charge in [0.15, 0.2) is 5.96 Å². The van der Waals surface area contributed by atoms with Gasteiger partial charge in [0.1, 0.15) is 6.10 Å². The van der Waals surface area contributed by atoms with Crippen LogP contribution in [0.2, 0.25) is 0 Å². The SMILES string of the molecule is CN=C(NCC1(N2CCCCC2)CCN(C)CC1)N1CCN(C(=O)C2CCCO2)CC1. The van der Waals surface area contributed by atoms with E-state index in [4.69, 9.17) is 4.74 Å². The number of nitrogens with zero attached hydrogens (tertiary/aromatic N) is 5. The van der Waals surface area contributed by atoms with Crippen LogP contribution in [0.25, 0.3) is 0 Å². The molecule has 1 unspecified atom stereocenters. The molecule has 0 radical (unpaired) electrons. The lowest BCUT2D eigenvalue weighted by Gasteiger charge is -2.50. The van der Waals surface area contributed by atoms with E-state index in [1.165, 1.54) is 58.3 Å². The van der Waals surface area contributed by atoms with E-state index in [0.29, 0.717) is 0 Å². The Labute approximate surface area is 188 Å². The Kier molecular flexibility index (Phi) is 7.72. The lowest BCUT2D eigenvalue weighted by molar-refractivity contribution is -0.142. The summed E-state index contributed by atoms with van der Waals surface area (Å²) in [6.45, 7) is 9.64. The van der Waals surface area contributed by atoms with Gasteiger partial charge in [0, 0.05) is 51.9 Å². The Morgan fingerprint density at radius 3 is 2.26 bits per heavy atom. The van der Waals surface area contributed by atoms with Crippen molar-refractivity contribution in [2.45, 2.75) is 56.6 Å².